The topological polar surface area (TPSA) is 127 Å². The summed E-state index contributed by atoms with van der Waals surface area (Å²) in [4.78, 5) is 55.9. The van der Waals surface area contributed by atoms with Crippen molar-refractivity contribution in [3.05, 3.63) is 81.7 Å². The summed E-state index contributed by atoms with van der Waals surface area (Å²) < 4.78 is 10.5. The molecule has 0 amide bonds. The van der Waals surface area contributed by atoms with Crippen molar-refractivity contribution in [2.45, 2.75) is 72.6 Å². The van der Waals surface area contributed by atoms with E-state index in [2.05, 4.69) is 37.3 Å². The molecule has 2 aromatic rings. The molecule has 9 heteroatoms. The summed E-state index contributed by atoms with van der Waals surface area (Å²) in [6, 6.07) is 5.93. The number of carbonyl (C=O) groups excluding carboxylic acids is 3. The number of hydrogen-bond donors (Lipinski definition) is 2. The minimum atomic E-state index is -0.735. The Morgan fingerprint density at radius 3 is 2.39 bits per heavy atom. The summed E-state index contributed by atoms with van der Waals surface area (Å²) in [6.45, 7) is 16.2. The molecule has 6 rings (SSSR count). The van der Waals surface area contributed by atoms with Gasteiger partial charge in [-0.05, 0) is 81.0 Å². The predicted molar refractivity (Wildman–Crippen MR) is 169 cm³/mol. The van der Waals surface area contributed by atoms with Crippen LogP contribution in [0.2, 0.25) is 0 Å². The molecule has 8 bridgehead atoms. The molecule has 4 aliphatic heterocycles. The van der Waals surface area contributed by atoms with Crippen molar-refractivity contribution >= 4 is 51.2 Å². The van der Waals surface area contributed by atoms with Crippen LogP contribution in [-0.4, -0.2) is 44.5 Å². The van der Waals surface area contributed by atoms with Crippen LogP contribution in [0.5, 0.6) is 0 Å². The molecule has 0 aromatic carbocycles. The van der Waals surface area contributed by atoms with Gasteiger partial charge >= 0.3 is 17.9 Å². The lowest BCUT2D eigenvalue weighted by molar-refractivity contribution is -0.143. The van der Waals surface area contributed by atoms with E-state index in [1.807, 2.05) is 38.1 Å². The number of carbonyl (C=O) groups is 3. The van der Waals surface area contributed by atoms with Crippen LogP contribution in [0, 0.1) is 6.92 Å². The smallest absolute Gasteiger partial charge is 0.349 e. The lowest BCUT2D eigenvalue weighted by Gasteiger charge is -2.19. The lowest BCUT2D eigenvalue weighted by Crippen LogP contribution is -2.21. The van der Waals surface area contributed by atoms with Gasteiger partial charge in [0.2, 0.25) is 0 Å². The highest BCUT2D eigenvalue weighted by Crippen LogP contribution is 2.44. The summed E-state index contributed by atoms with van der Waals surface area (Å²) >= 11 is 0. The largest absolute Gasteiger partial charge is 0.466 e. The lowest BCUT2D eigenvalue weighted by atomic mass is 9.85. The van der Waals surface area contributed by atoms with Crippen molar-refractivity contribution in [2.24, 2.45) is 0 Å². The van der Waals surface area contributed by atoms with Crippen molar-refractivity contribution < 1.29 is 23.9 Å². The molecule has 0 saturated carbocycles. The van der Waals surface area contributed by atoms with Crippen LogP contribution in [0.15, 0.2) is 30.9 Å². The van der Waals surface area contributed by atoms with Crippen molar-refractivity contribution in [2.75, 3.05) is 6.61 Å². The second kappa shape index (κ2) is 11.0. The van der Waals surface area contributed by atoms with Gasteiger partial charge in [0.15, 0.2) is 0 Å². The number of allylic oxidation sites excluding steroid dienone is 5. The van der Waals surface area contributed by atoms with Gasteiger partial charge in [0.25, 0.3) is 0 Å². The second-order valence-corrected chi connectivity index (χ2v) is 11.6. The fourth-order valence-electron chi connectivity index (χ4n) is 6.74. The highest BCUT2D eigenvalue weighted by Gasteiger charge is 2.38. The summed E-state index contributed by atoms with van der Waals surface area (Å²) in [5.41, 5.74) is 11.0. The number of nitrogens with one attached hydrogen (secondary N) is 2. The van der Waals surface area contributed by atoms with Gasteiger partial charge in [-0.25, -0.2) is 19.6 Å². The van der Waals surface area contributed by atoms with E-state index >= 15 is 0 Å². The molecule has 9 nitrogen and oxygen atoms in total. The van der Waals surface area contributed by atoms with Gasteiger partial charge in [-0.2, -0.15) is 0 Å². The molecule has 0 spiro atoms. The van der Waals surface area contributed by atoms with Crippen LogP contribution < -0.4 is 0 Å². The number of cyclic esters (lactones) is 2. The van der Waals surface area contributed by atoms with Crippen LogP contribution in [0.4, 0.5) is 0 Å². The molecule has 0 fully saturated rings. The zero-order valence-corrected chi connectivity index (χ0v) is 25.9. The Balaban J connectivity index is 1.74. The zero-order valence-electron chi connectivity index (χ0n) is 25.9. The Kier molecular flexibility index (Phi) is 7.35. The van der Waals surface area contributed by atoms with Crippen molar-refractivity contribution in [1.82, 2.24) is 19.9 Å². The molecule has 0 saturated heterocycles. The maximum atomic E-state index is 13.5. The SMILES string of the molecule is C=CC1=C(C)c2cc3[nH]c(c4c5[nH]c(cc6nc(cc1n2)C(C)=C6CC)c(C)c5C(=O)OC4=O)[C@@H](CCC(=O)OCC)[C@@H]3C. The molecule has 2 N–H and O–H groups in total. The number of rotatable bonds is 6. The van der Waals surface area contributed by atoms with Crippen LogP contribution in [-0.2, 0) is 14.3 Å². The second-order valence-electron chi connectivity index (χ2n) is 11.6. The number of aryl methyl sites for hydroxylation is 1. The van der Waals surface area contributed by atoms with E-state index < -0.39 is 11.9 Å². The van der Waals surface area contributed by atoms with E-state index in [4.69, 9.17) is 19.4 Å². The Bertz CT molecular complexity index is 1920. The predicted octanol–water partition coefficient (Wildman–Crippen LogP) is 7.34. The highest BCUT2D eigenvalue weighted by molar-refractivity contribution is 6.18. The van der Waals surface area contributed by atoms with Crippen molar-refractivity contribution in [3.8, 4) is 0 Å². The maximum Gasteiger partial charge on any atom is 0.349 e. The molecule has 6 heterocycles. The monoisotopic (exact) mass is 592 g/mol. The average molecular weight is 593 g/mol. The van der Waals surface area contributed by atoms with E-state index in [0.29, 0.717) is 40.9 Å². The molecule has 44 heavy (non-hydrogen) atoms. The zero-order chi connectivity index (χ0) is 31.4. The fraction of sp³-hybridized carbons (Fsp3) is 0.343. The van der Waals surface area contributed by atoms with Gasteiger partial charge in [-0.15, -0.1) is 0 Å². The molecular formula is C35H36N4O5. The third kappa shape index (κ3) is 4.58. The number of ether oxygens (including phenoxy) is 2. The van der Waals surface area contributed by atoms with Crippen molar-refractivity contribution in [1.29, 1.82) is 0 Å². The van der Waals surface area contributed by atoms with Crippen LogP contribution in [0.3, 0.4) is 0 Å². The third-order valence-electron chi connectivity index (χ3n) is 9.21. The average Bonchev–Trinajstić information content (AvgIpc) is 3.65. The quantitative estimate of drug-likeness (QED) is 0.265. The summed E-state index contributed by atoms with van der Waals surface area (Å²) in [6.07, 6.45) is 3.19. The number of fused-ring (bicyclic) bond motifs is 8. The van der Waals surface area contributed by atoms with Crippen LogP contribution >= 0.6 is 0 Å². The van der Waals surface area contributed by atoms with Gasteiger partial charge in [-0.3, -0.25) is 4.79 Å². The van der Waals surface area contributed by atoms with Gasteiger partial charge in [0.05, 0.1) is 40.5 Å². The first-order valence-electron chi connectivity index (χ1n) is 15.1. The molecule has 4 aliphatic rings. The first kappa shape index (κ1) is 29.3. The van der Waals surface area contributed by atoms with Crippen LogP contribution in [0.1, 0.15) is 126 Å². The van der Waals surface area contributed by atoms with E-state index in [-0.39, 0.29) is 29.8 Å². The third-order valence-corrected chi connectivity index (χ3v) is 9.21. The molecule has 0 radical (unpaired) electrons. The molecule has 2 aromatic heterocycles. The van der Waals surface area contributed by atoms with Gasteiger partial charge in [0, 0.05) is 40.7 Å². The Morgan fingerprint density at radius 2 is 1.68 bits per heavy atom. The minimum Gasteiger partial charge on any atom is -0.466 e. The Morgan fingerprint density at radius 1 is 0.977 bits per heavy atom. The fourth-order valence-corrected chi connectivity index (χ4v) is 6.74. The number of hydrogen-bond acceptors (Lipinski definition) is 7. The summed E-state index contributed by atoms with van der Waals surface area (Å²) in [5.74, 6) is -2.09. The summed E-state index contributed by atoms with van der Waals surface area (Å²) in [7, 11) is 0. The number of aromatic nitrogens is 4. The molecule has 0 unspecified atom stereocenters. The number of aromatic amines is 2. The van der Waals surface area contributed by atoms with E-state index in [1.54, 1.807) is 6.92 Å². The summed E-state index contributed by atoms with van der Waals surface area (Å²) in [5, 5.41) is 0. The number of H-pyrrole nitrogens is 2. The molecule has 226 valence electrons. The van der Waals surface area contributed by atoms with E-state index in [9.17, 15) is 14.4 Å². The molecule has 2 atom stereocenters. The normalized spacial score (nSPS) is 18.4. The number of esters is 3. The van der Waals surface area contributed by atoms with Gasteiger partial charge in [-0.1, -0.05) is 26.5 Å². The maximum absolute atomic E-state index is 13.5. The highest BCUT2D eigenvalue weighted by atomic mass is 16.6. The van der Waals surface area contributed by atoms with E-state index in [1.165, 1.54) is 0 Å². The van der Waals surface area contributed by atoms with Crippen LogP contribution in [0.25, 0.3) is 33.3 Å². The Labute approximate surface area is 255 Å². The Hall–Kier alpha value is -4.79. The van der Waals surface area contributed by atoms with E-state index in [0.717, 1.165) is 57.2 Å². The first-order valence-corrected chi connectivity index (χ1v) is 15.1. The van der Waals surface area contributed by atoms with Gasteiger partial charge < -0.3 is 19.4 Å². The first-order chi connectivity index (χ1) is 21.1. The van der Waals surface area contributed by atoms with Crippen molar-refractivity contribution in [3.63, 3.8) is 0 Å². The number of nitrogens with zero attached hydrogens (tertiary/aromatic N) is 2. The standard InChI is InChI=1S/C35H36N4O5/c1-8-20-16(4)23-13-25-18(6)22(11-12-29(40)43-10-3)32(38-25)31-33-30(34(41)44-35(31)42)19(7)26(39-33)15-28-21(9-2)17(5)24(37-28)14-27(20)36-23/h8,13-15,18,22,38-39H,1,9-12H2,2-7H3/t18-,22-/m0/s1. The minimum absolute atomic E-state index is 0.109. The van der Waals surface area contributed by atoms with Gasteiger partial charge in [0.1, 0.15) is 5.56 Å². The molecule has 0 aliphatic carbocycles. The molecular weight excluding hydrogens is 556 g/mol.